The molecule has 0 aliphatic rings. The molecule has 0 radical (unpaired) electrons. The maximum Gasteiger partial charge on any atom is 0.125 e. The van der Waals surface area contributed by atoms with Crippen LogP contribution in [-0.4, -0.2) is 16.3 Å². The minimum Gasteiger partial charge on any atom is -0.303 e. The zero-order chi connectivity index (χ0) is 8.27. The molecule has 1 rings (SSSR count). The lowest BCUT2D eigenvalue weighted by atomic mass is 10.3. The van der Waals surface area contributed by atoms with Gasteiger partial charge in [0.25, 0.3) is 0 Å². The highest BCUT2D eigenvalue weighted by Gasteiger charge is 2.00. The molecule has 0 N–H and O–H groups in total. The number of nitrogens with zero attached hydrogens (tertiary/aromatic N) is 2. The first-order valence-corrected chi connectivity index (χ1v) is 3.95. The van der Waals surface area contributed by atoms with Crippen LogP contribution in [0.4, 0.5) is 0 Å². The van der Waals surface area contributed by atoms with E-state index in [0.29, 0.717) is 12.2 Å². The Morgan fingerprint density at radius 1 is 1.73 bits per heavy atom. The summed E-state index contributed by atoms with van der Waals surface area (Å²) in [5.41, 5.74) is 0.743. The summed E-state index contributed by atoms with van der Waals surface area (Å²) in [6, 6.07) is 0. The third-order valence-corrected chi connectivity index (χ3v) is 1.88. The standard InChI is InChI=1S/C7H7BrN2O/c1-5-9-4-6(8)7(10-5)2-3-11/h3-4H,2H2,1H3. The Balaban J connectivity index is 3.01. The molecular formula is C7H7BrN2O. The highest BCUT2D eigenvalue weighted by molar-refractivity contribution is 9.10. The number of rotatable bonds is 2. The molecule has 0 unspecified atom stereocenters. The first kappa shape index (κ1) is 8.33. The fourth-order valence-corrected chi connectivity index (χ4v) is 1.08. The fraction of sp³-hybridized carbons (Fsp3) is 0.286. The van der Waals surface area contributed by atoms with Gasteiger partial charge in [-0.1, -0.05) is 0 Å². The van der Waals surface area contributed by atoms with E-state index in [-0.39, 0.29) is 0 Å². The van der Waals surface area contributed by atoms with Crippen molar-refractivity contribution in [3.63, 3.8) is 0 Å². The Kier molecular flexibility index (Phi) is 2.70. The van der Waals surface area contributed by atoms with E-state index < -0.39 is 0 Å². The van der Waals surface area contributed by atoms with Crippen molar-refractivity contribution in [2.75, 3.05) is 0 Å². The smallest absolute Gasteiger partial charge is 0.125 e. The third kappa shape index (κ3) is 2.08. The van der Waals surface area contributed by atoms with E-state index in [1.54, 1.807) is 13.1 Å². The first-order valence-electron chi connectivity index (χ1n) is 3.15. The molecule has 0 fully saturated rings. The lowest BCUT2D eigenvalue weighted by Crippen LogP contribution is -1.96. The van der Waals surface area contributed by atoms with Crippen molar-refractivity contribution in [2.45, 2.75) is 13.3 Å². The van der Waals surface area contributed by atoms with E-state index in [9.17, 15) is 4.79 Å². The molecule has 3 nitrogen and oxygen atoms in total. The molecule has 11 heavy (non-hydrogen) atoms. The van der Waals surface area contributed by atoms with Crippen molar-refractivity contribution in [1.29, 1.82) is 0 Å². The van der Waals surface area contributed by atoms with Gasteiger partial charge in [0, 0.05) is 12.6 Å². The van der Waals surface area contributed by atoms with Gasteiger partial charge in [0.15, 0.2) is 0 Å². The molecule has 0 amide bonds. The molecule has 4 heteroatoms. The van der Waals surface area contributed by atoms with Gasteiger partial charge in [-0.15, -0.1) is 0 Å². The van der Waals surface area contributed by atoms with Crippen LogP contribution in [0.15, 0.2) is 10.7 Å². The summed E-state index contributed by atoms with van der Waals surface area (Å²) in [5.74, 6) is 0.685. The Bertz CT molecular complexity index is 275. The fourth-order valence-electron chi connectivity index (χ4n) is 0.724. The quantitative estimate of drug-likeness (QED) is 0.698. The lowest BCUT2D eigenvalue weighted by molar-refractivity contribution is -0.107. The van der Waals surface area contributed by atoms with Crippen molar-refractivity contribution in [1.82, 2.24) is 9.97 Å². The highest BCUT2D eigenvalue weighted by Crippen LogP contribution is 2.12. The average molecular weight is 215 g/mol. The monoisotopic (exact) mass is 214 g/mol. The van der Waals surface area contributed by atoms with Crippen LogP contribution >= 0.6 is 15.9 Å². The van der Waals surface area contributed by atoms with Crippen LogP contribution in [0.25, 0.3) is 0 Å². The summed E-state index contributed by atoms with van der Waals surface area (Å²) in [4.78, 5) is 18.2. The molecule has 0 aliphatic carbocycles. The molecule has 1 aromatic rings. The number of halogens is 1. The summed E-state index contributed by atoms with van der Waals surface area (Å²) >= 11 is 3.25. The number of hydrogen-bond donors (Lipinski definition) is 0. The van der Waals surface area contributed by atoms with Gasteiger partial charge in [-0.3, -0.25) is 0 Å². The predicted molar refractivity (Wildman–Crippen MR) is 44.2 cm³/mol. The maximum atomic E-state index is 10.2. The van der Waals surface area contributed by atoms with E-state index in [0.717, 1.165) is 16.5 Å². The van der Waals surface area contributed by atoms with Crippen LogP contribution in [0.5, 0.6) is 0 Å². The minimum absolute atomic E-state index is 0.337. The van der Waals surface area contributed by atoms with Gasteiger partial charge in [-0.2, -0.15) is 0 Å². The molecule has 0 aliphatic heterocycles. The number of aryl methyl sites for hydroxylation is 1. The van der Waals surface area contributed by atoms with E-state index in [2.05, 4.69) is 25.9 Å². The maximum absolute atomic E-state index is 10.2. The van der Waals surface area contributed by atoms with Crippen molar-refractivity contribution in [3.05, 3.63) is 22.2 Å². The van der Waals surface area contributed by atoms with Gasteiger partial charge in [-0.25, -0.2) is 9.97 Å². The average Bonchev–Trinajstić information content (AvgIpc) is 1.98. The second kappa shape index (κ2) is 3.57. The van der Waals surface area contributed by atoms with Crippen LogP contribution in [0.3, 0.4) is 0 Å². The van der Waals surface area contributed by atoms with Gasteiger partial charge in [0.2, 0.25) is 0 Å². The summed E-state index contributed by atoms with van der Waals surface area (Å²) in [7, 11) is 0. The largest absolute Gasteiger partial charge is 0.303 e. The Morgan fingerprint density at radius 3 is 3.09 bits per heavy atom. The van der Waals surface area contributed by atoms with Gasteiger partial charge in [-0.05, 0) is 22.9 Å². The van der Waals surface area contributed by atoms with Gasteiger partial charge >= 0.3 is 0 Å². The van der Waals surface area contributed by atoms with Crippen molar-refractivity contribution in [3.8, 4) is 0 Å². The second-order valence-corrected chi connectivity index (χ2v) is 2.94. The molecule has 0 saturated heterocycles. The Morgan fingerprint density at radius 2 is 2.45 bits per heavy atom. The molecule has 0 atom stereocenters. The molecule has 0 spiro atoms. The second-order valence-electron chi connectivity index (χ2n) is 2.08. The first-order chi connectivity index (χ1) is 5.24. The van der Waals surface area contributed by atoms with E-state index in [4.69, 9.17) is 0 Å². The van der Waals surface area contributed by atoms with E-state index in [1.165, 1.54) is 0 Å². The summed E-state index contributed by atoms with van der Waals surface area (Å²) in [6.07, 6.45) is 2.82. The van der Waals surface area contributed by atoms with E-state index in [1.807, 2.05) is 0 Å². The van der Waals surface area contributed by atoms with Crippen LogP contribution in [0, 0.1) is 6.92 Å². The van der Waals surface area contributed by atoms with Crippen LogP contribution in [0.1, 0.15) is 11.5 Å². The summed E-state index contributed by atoms with van der Waals surface area (Å²) in [5, 5.41) is 0. The molecular weight excluding hydrogens is 208 g/mol. The van der Waals surface area contributed by atoms with E-state index >= 15 is 0 Å². The van der Waals surface area contributed by atoms with Crippen molar-refractivity contribution >= 4 is 22.2 Å². The number of aromatic nitrogens is 2. The Hall–Kier alpha value is -0.770. The highest BCUT2D eigenvalue weighted by atomic mass is 79.9. The lowest BCUT2D eigenvalue weighted by Gasteiger charge is -1.98. The molecule has 0 saturated carbocycles. The normalized spacial score (nSPS) is 9.64. The molecule has 0 aromatic carbocycles. The number of carbonyl (C=O) groups excluding carboxylic acids is 1. The minimum atomic E-state index is 0.337. The number of hydrogen-bond acceptors (Lipinski definition) is 3. The Labute approximate surface area is 73.0 Å². The van der Waals surface area contributed by atoms with Gasteiger partial charge in [0.1, 0.15) is 12.1 Å². The molecule has 1 heterocycles. The summed E-state index contributed by atoms with van der Waals surface area (Å²) in [6.45, 7) is 1.79. The topological polar surface area (TPSA) is 42.9 Å². The van der Waals surface area contributed by atoms with Crippen molar-refractivity contribution in [2.24, 2.45) is 0 Å². The summed E-state index contributed by atoms with van der Waals surface area (Å²) < 4.78 is 0.787. The predicted octanol–water partition coefficient (Wildman–Crippen LogP) is 1.29. The zero-order valence-corrected chi connectivity index (χ0v) is 7.63. The molecule has 58 valence electrons. The number of carbonyl (C=O) groups is 1. The van der Waals surface area contributed by atoms with Crippen LogP contribution < -0.4 is 0 Å². The number of aldehydes is 1. The van der Waals surface area contributed by atoms with Crippen LogP contribution in [-0.2, 0) is 11.2 Å². The molecule has 1 aromatic heterocycles. The van der Waals surface area contributed by atoms with Crippen molar-refractivity contribution < 1.29 is 4.79 Å². The van der Waals surface area contributed by atoms with Gasteiger partial charge in [0.05, 0.1) is 10.2 Å². The van der Waals surface area contributed by atoms with Crippen LogP contribution in [0.2, 0.25) is 0 Å². The SMILES string of the molecule is Cc1ncc(Br)c(CC=O)n1. The zero-order valence-electron chi connectivity index (χ0n) is 6.04. The van der Waals surface area contributed by atoms with Gasteiger partial charge < -0.3 is 4.79 Å². The molecule has 0 bridgehead atoms. The third-order valence-electron chi connectivity index (χ3n) is 1.21.